The molecule has 0 fully saturated rings. The van der Waals surface area contributed by atoms with Crippen LogP contribution in [-0.2, 0) is 17.9 Å². The minimum absolute atomic E-state index is 0.103. The van der Waals surface area contributed by atoms with E-state index < -0.39 is 0 Å². The fourth-order valence-corrected chi connectivity index (χ4v) is 3.90. The Hall–Kier alpha value is -3.52. The average molecular weight is 389 g/mol. The van der Waals surface area contributed by atoms with Crippen LogP contribution in [0.5, 0.6) is 0 Å². The van der Waals surface area contributed by atoms with Gasteiger partial charge in [0.05, 0.1) is 22.3 Å². The van der Waals surface area contributed by atoms with Crippen LogP contribution in [0.2, 0.25) is 0 Å². The average Bonchev–Trinajstić information content (AvgIpc) is 3.44. The van der Waals surface area contributed by atoms with Gasteiger partial charge in [-0.3, -0.25) is 4.79 Å². The van der Waals surface area contributed by atoms with E-state index in [4.69, 9.17) is 4.42 Å². The van der Waals surface area contributed by atoms with Crippen LogP contribution in [0.25, 0.3) is 32.0 Å². The summed E-state index contributed by atoms with van der Waals surface area (Å²) < 4.78 is 8.55. The third-order valence-electron chi connectivity index (χ3n) is 4.34. The molecule has 0 aliphatic rings. The molecule has 0 spiro atoms. The molecule has 138 valence electrons. The molecule has 5 rings (SSSR count). The summed E-state index contributed by atoms with van der Waals surface area (Å²) >= 11 is 1.58. The molecule has 0 unspecified atom stereocenters. The summed E-state index contributed by atoms with van der Waals surface area (Å²) in [5.41, 5.74) is 2.55. The van der Waals surface area contributed by atoms with Gasteiger partial charge >= 0.3 is 0 Å². The van der Waals surface area contributed by atoms with Crippen LogP contribution >= 0.6 is 11.3 Å². The number of fused-ring (bicyclic) bond motifs is 2. The van der Waals surface area contributed by atoms with Crippen LogP contribution in [0.3, 0.4) is 0 Å². The third kappa shape index (κ3) is 3.14. The third-order valence-corrected chi connectivity index (χ3v) is 5.39. The molecule has 0 saturated carbocycles. The van der Waals surface area contributed by atoms with Gasteiger partial charge in [0.25, 0.3) is 0 Å². The summed E-state index contributed by atoms with van der Waals surface area (Å²) in [5.74, 6) is 1.22. The number of aromatic nitrogens is 4. The smallest absolute Gasteiger partial charge is 0.242 e. The van der Waals surface area contributed by atoms with E-state index in [1.54, 1.807) is 16.0 Å². The van der Waals surface area contributed by atoms with Crippen molar-refractivity contribution in [1.82, 2.24) is 25.3 Å². The van der Waals surface area contributed by atoms with Crippen molar-refractivity contribution in [1.29, 1.82) is 0 Å². The number of nitrogens with one attached hydrogen (secondary N) is 1. The van der Waals surface area contributed by atoms with Gasteiger partial charge in [-0.05, 0) is 36.4 Å². The summed E-state index contributed by atoms with van der Waals surface area (Å²) in [6.07, 6.45) is 0. The number of nitrogens with zero attached hydrogens (tertiary/aromatic N) is 4. The van der Waals surface area contributed by atoms with E-state index in [0.29, 0.717) is 18.1 Å². The van der Waals surface area contributed by atoms with E-state index in [9.17, 15) is 4.79 Å². The molecule has 8 heteroatoms. The maximum atomic E-state index is 12.3. The number of carbonyl (C=O) groups excluding carboxylic acids is 1. The zero-order valence-corrected chi connectivity index (χ0v) is 15.5. The van der Waals surface area contributed by atoms with E-state index in [1.807, 2.05) is 60.7 Å². The molecule has 0 atom stereocenters. The Labute approximate surface area is 163 Å². The lowest BCUT2D eigenvalue weighted by molar-refractivity contribution is -0.122. The first-order chi connectivity index (χ1) is 13.8. The lowest BCUT2D eigenvalue weighted by atomic mass is 10.3. The van der Waals surface area contributed by atoms with Crippen molar-refractivity contribution >= 4 is 38.5 Å². The Bertz CT molecular complexity index is 1250. The standard InChI is InChI=1S/C20H15N5O2S/c26-19(12-25-16-7-3-1-5-14(16)23-24-25)21-11-13-9-10-17(27-13)20-22-15-6-2-4-8-18(15)28-20/h1-10H,11-12H2,(H,21,26). The van der Waals surface area contributed by atoms with Gasteiger partial charge in [0.2, 0.25) is 5.91 Å². The predicted octanol–water partition coefficient (Wildman–Crippen LogP) is 3.62. The Morgan fingerprint density at radius 3 is 2.75 bits per heavy atom. The van der Waals surface area contributed by atoms with E-state index in [-0.39, 0.29) is 12.5 Å². The largest absolute Gasteiger partial charge is 0.457 e. The molecule has 1 N–H and O–H groups in total. The highest BCUT2D eigenvalue weighted by molar-refractivity contribution is 7.21. The molecule has 7 nitrogen and oxygen atoms in total. The van der Waals surface area contributed by atoms with Crippen LogP contribution in [-0.4, -0.2) is 25.9 Å². The first-order valence-electron chi connectivity index (χ1n) is 8.76. The molecule has 0 saturated heterocycles. The first kappa shape index (κ1) is 16.6. The molecular formula is C20H15N5O2S. The number of para-hydroxylation sites is 2. The lowest BCUT2D eigenvalue weighted by Crippen LogP contribution is -2.27. The quantitative estimate of drug-likeness (QED) is 0.496. The molecule has 3 heterocycles. The van der Waals surface area contributed by atoms with Crippen molar-refractivity contribution in [3.05, 3.63) is 66.4 Å². The van der Waals surface area contributed by atoms with Crippen LogP contribution in [0.15, 0.2) is 65.1 Å². The van der Waals surface area contributed by atoms with Crippen LogP contribution < -0.4 is 5.32 Å². The second-order valence-electron chi connectivity index (χ2n) is 6.27. The highest BCUT2D eigenvalue weighted by Crippen LogP contribution is 2.31. The van der Waals surface area contributed by atoms with Gasteiger partial charge in [-0.15, -0.1) is 16.4 Å². The number of thiazole rings is 1. The van der Waals surface area contributed by atoms with Crippen molar-refractivity contribution in [2.45, 2.75) is 13.1 Å². The lowest BCUT2D eigenvalue weighted by Gasteiger charge is -2.04. The van der Waals surface area contributed by atoms with E-state index in [1.165, 1.54) is 0 Å². The topological polar surface area (TPSA) is 85.8 Å². The zero-order chi connectivity index (χ0) is 18.9. The fraction of sp³-hybridized carbons (Fsp3) is 0.100. The summed E-state index contributed by atoms with van der Waals surface area (Å²) in [5, 5.41) is 11.8. The molecule has 1 amide bonds. The van der Waals surface area contributed by atoms with Crippen molar-refractivity contribution in [2.24, 2.45) is 0 Å². The number of hydrogen-bond donors (Lipinski definition) is 1. The normalized spacial score (nSPS) is 11.3. The number of benzene rings is 2. The minimum Gasteiger partial charge on any atom is -0.457 e. The molecule has 28 heavy (non-hydrogen) atoms. The van der Waals surface area contributed by atoms with Gasteiger partial charge in [-0.2, -0.15) is 0 Å². The molecule has 0 aliphatic carbocycles. The van der Waals surface area contributed by atoms with Gasteiger partial charge in [-0.1, -0.05) is 29.5 Å². The Kier molecular flexibility index (Phi) is 4.10. The van der Waals surface area contributed by atoms with Gasteiger partial charge in [0.1, 0.15) is 17.8 Å². The summed E-state index contributed by atoms with van der Waals surface area (Å²) in [4.78, 5) is 16.9. The number of furan rings is 1. The Morgan fingerprint density at radius 2 is 1.86 bits per heavy atom. The van der Waals surface area contributed by atoms with Crippen LogP contribution in [0.1, 0.15) is 5.76 Å². The molecule has 0 radical (unpaired) electrons. The number of amides is 1. The van der Waals surface area contributed by atoms with Gasteiger partial charge in [0.15, 0.2) is 10.8 Å². The monoisotopic (exact) mass is 389 g/mol. The Balaban J connectivity index is 1.25. The molecule has 2 aromatic carbocycles. The van der Waals surface area contributed by atoms with Crippen molar-refractivity contribution in [2.75, 3.05) is 0 Å². The van der Waals surface area contributed by atoms with Gasteiger partial charge in [-0.25, -0.2) is 9.67 Å². The highest BCUT2D eigenvalue weighted by Gasteiger charge is 2.12. The van der Waals surface area contributed by atoms with E-state index in [0.717, 1.165) is 26.3 Å². The number of rotatable bonds is 5. The van der Waals surface area contributed by atoms with Crippen molar-refractivity contribution in [3.63, 3.8) is 0 Å². The van der Waals surface area contributed by atoms with Crippen LogP contribution in [0.4, 0.5) is 0 Å². The predicted molar refractivity (Wildman–Crippen MR) is 107 cm³/mol. The zero-order valence-electron chi connectivity index (χ0n) is 14.7. The van der Waals surface area contributed by atoms with Gasteiger partial charge in [0, 0.05) is 0 Å². The summed E-state index contributed by atoms with van der Waals surface area (Å²) in [7, 11) is 0. The molecule has 5 aromatic rings. The number of carbonyl (C=O) groups is 1. The first-order valence-corrected chi connectivity index (χ1v) is 9.57. The maximum absolute atomic E-state index is 12.3. The maximum Gasteiger partial charge on any atom is 0.242 e. The Morgan fingerprint density at radius 1 is 1.04 bits per heavy atom. The molecular weight excluding hydrogens is 374 g/mol. The molecule has 0 bridgehead atoms. The highest BCUT2D eigenvalue weighted by atomic mass is 32.1. The second-order valence-corrected chi connectivity index (χ2v) is 7.30. The number of hydrogen-bond acceptors (Lipinski definition) is 6. The summed E-state index contributed by atoms with van der Waals surface area (Å²) in [6.45, 7) is 0.405. The van der Waals surface area contributed by atoms with E-state index in [2.05, 4.69) is 20.6 Å². The van der Waals surface area contributed by atoms with Crippen molar-refractivity contribution < 1.29 is 9.21 Å². The fourth-order valence-electron chi connectivity index (χ4n) is 2.98. The second kappa shape index (κ2) is 6.90. The van der Waals surface area contributed by atoms with Crippen LogP contribution in [0, 0.1) is 0 Å². The minimum atomic E-state index is -0.159. The summed E-state index contributed by atoms with van der Waals surface area (Å²) in [6, 6.07) is 19.2. The SMILES string of the molecule is O=C(Cn1nnc2ccccc21)NCc1ccc(-c2nc3ccccc3s2)o1. The van der Waals surface area contributed by atoms with Crippen molar-refractivity contribution in [3.8, 4) is 10.8 Å². The molecule has 0 aliphatic heterocycles. The van der Waals surface area contributed by atoms with Gasteiger partial charge < -0.3 is 9.73 Å². The van der Waals surface area contributed by atoms with E-state index >= 15 is 0 Å². The molecule has 3 aromatic heterocycles.